The largest absolute Gasteiger partial charge is 0.383 e. The molecule has 1 aromatic heterocycles. The Morgan fingerprint density at radius 3 is 2.80 bits per heavy atom. The number of hydrogen-bond donors (Lipinski definition) is 1. The summed E-state index contributed by atoms with van der Waals surface area (Å²) in [5.41, 5.74) is 1.51. The number of aromatic nitrogens is 1. The van der Waals surface area contributed by atoms with Crippen LogP contribution in [0.3, 0.4) is 0 Å². The van der Waals surface area contributed by atoms with E-state index in [1.165, 1.54) is 60.7 Å². The van der Waals surface area contributed by atoms with Gasteiger partial charge in [-0.1, -0.05) is 0 Å². The van der Waals surface area contributed by atoms with Crippen LogP contribution >= 0.6 is 23.1 Å². The zero-order valence-electron chi connectivity index (χ0n) is 12.2. The SMILES string of the molecule is COCCNC1(c2nc3c(s2)CCCC3)CCSCC1. The Hall–Kier alpha value is -0.100. The summed E-state index contributed by atoms with van der Waals surface area (Å²) >= 11 is 4.05. The first kappa shape index (κ1) is 14.8. The number of hydrogen-bond acceptors (Lipinski definition) is 5. The summed E-state index contributed by atoms with van der Waals surface area (Å²) in [4.78, 5) is 6.58. The van der Waals surface area contributed by atoms with E-state index >= 15 is 0 Å². The van der Waals surface area contributed by atoms with Gasteiger partial charge in [0.25, 0.3) is 0 Å². The number of rotatable bonds is 5. The molecule has 1 saturated heterocycles. The molecule has 3 nitrogen and oxygen atoms in total. The van der Waals surface area contributed by atoms with Gasteiger partial charge in [0.05, 0.1) is 17.8 Å². The molecule has 2 heterocycles. The molecule has 0 saturated carbocycles. The van der Waals surface area contributed by atoms with E-state index in [1.807, 2.05) is 11.3 Å². The lowest BCUT2D eigenvalue weighted by molar-refractivity contribution is 0.179. The molecule has 1 aromatic rings. The molecule has 0 amide bonds. The number of nitrogens with one attached hydrogen (secondary N) is 1. The van der Waals surface area contributed by atoms with Crippen LogP contribution in [-0.2, 0) is 23.1 Å². The molecular weight excluding hydrogens is 288 g/mol. The highest BCUT2D eigenvalue weighted by Crippen LogP contribution is 2.40. The van der Waals surface area contributed by atoms with E-state index in [4.69, 9.17) is 9.72 Å². The molecule has 1 fully saturated rings. The normalized spacial score (nSPS) is 21.6. The average Bonchev–Trinajstić information content (AvgIpc) is 2.93. The monoisotopic (exact) mass is 312 g/mol. The van der Waals surface area contributed by atoms with Crippen molar-refractivity contribution in [3.05, 3.63) is 15.6 Å². The second-order valence-electron chi connectivity index (χ2n) is 5.71. The van der Waals surface area contributed by atoms with Crippen molar-refractivity contribution in [3.8, 4) is 0 Å². The maximum atomic E-state index is 5.21. The summed E-state index contributed by atoms with van der Waals surface area (Å²) in [6, 6.07) is 0. The van der Waals surface area contributed by atoms with Gasteiger partial charge in [0.1, 0.15) is 5.01 Å². The van der Waals surface area contributed by atoms with Crippen LogP contribution in [0.2, 0.25) is 0 Å². The fraction of sp³-hybridized carbons (Fsp3) is 0.800. The molecular formula is C15H24N2OS2. The topological polar surface area (TPSA) is 34.1 Å². The minimum Gasteiger partial charge on any atom is -0.383 e. The third-order valence-electron chi connectivity index (χ3n) is 4.37. The first-order chi connectivity index (χ1) is 9.84. The number of aryl methyl sites for hydroxylation is 2. The molecule has 0 radical (unpaired) electrons. The van der Waals surface area contributed by atoms with Gasteiger partial charge in [0.2, 0.25) is 0 Å². The van der Waals surface area contributed by atoms with Gasteiger partial charge >= 0.3 is 0 Å². The molecule has 112 valence electrons. The Morgan fingerprint density at radius 1 is 1.25 bits per heavy atom. The number of methoxy groups -OCH3 is 1. The van der Waals surface area contributed by atoms with E-state index < -0.39 is 0 Å². The molecule has 0 bridgehead atoms. The van der Waals surface area contributed by atoms with Gasteiger partial charge in [-0.3, -0.25) is 0 Å². The summed E-state index contributed by atoms with van der Waals surface area (Å²) in [6.07, 6.45) is 7.50. The van der Waals surface area contributed by atoms with Crippen molar-refractivity contribution < 1.29 is 4.74 Å². The van der Waals surface area contributed by atoms with Crippen molar-refractivity contribution in [3.63, 3.8) is 0 Å². The maximum absolute atomic E-state index is 5.21. The quantitative estimate of drug-likeness (QED) is 0.848. The Kier molecular flexibility index (Phi) is 5.02. The van der Waals surface area contributed by atoms with E-state index in [1.54, 1.807) is 12.0 Å². The third kappa shape index (κ3) is 3.06. The molecule has 1 aliphatic heterocycles. The van der Waals surface area contributed by atoms with E-state index in [0.29, 0.717) is 0 Å². The Labute approximate surface area is 129 Å². The van der Waals surface area contributed by atoms with Crippen LogP contribution in [0.15, 0.2) is 0 Å². The van der Waals surface area contributed by atoms with Gasteiger partial charge in [-0.25, -0.2) is 4.98 Å². The average molecular weight is 313 g/mol. The molecule has 0 aromatic carbocycles. The van der Waals surface area contributed by atoms with E-state index in [9.17, 15) is 0 Å². The summed E-state index contributed by atoms with van der Waals surface area (Å²) in [7, 11) is 1.77. The highest BCUT2D eigenvalue weighted by molar-refractivity contribution is 7.99. The summed E-state index contributed by atoms with van der Waals surface area (Å²) in [6.45, 7) is 1.70. The van der Waals surface area contributed by atoms with Gasteiger partial charge in [-0.2, -0.15) is 11.8 Å². The highest BCUT2D eigenvalue weighted by Gasteiger charge is 2.37. The predicted octanol–water partition coefficient (Wildman–Crippen LogP) is 2.98. The standard InChI is InChI=1S/C15H24N2OS2/c1-18-9-8-16-15(6-10-19-11-7-15)14-17-12-4-2-3-5-13(12)20-14/h16H,2-11H2,1H3. The van der Waals surface area contributed by atoms with Crippen LogP contribution in [0.1, 0.15) is 41.3 Å². The molecule has 1 aliphatic carbocycles. The van der Waals surface area contributed by atoms with Gasteiger partial charge in [-0.05, 0) is 50.0 Å². The van der Waals surface area contributed by atoms with Crippen molar-refractivity contribution in [1.29, 1.82) is 0 Å². The first-order valence-corrected chi connectivity index (χ1v) is 9.62. The van der Waals surface area contributed by atoms with Crippen molar-refractivity contribution in [1.82, 2.24) is 10.3 Å². The van der Waals surface area contributed by atoms with Gasteiger partial charge in [0.15, 0.2) is 0 Å². The summed E-state index contributed by atoms with van der Waals surface area (Å²) < 4.78 is 5.21. The molecule has 0 spiro atoms. The van der Waals surface area contributed by atoms with Gasteiger partial charge < -0.3 is 10.1 Å². The molecule has 5 heteroatoms. The van der Waals surface area contributed by atoms with Crippen LogP contribution in [0.4, 0.5) is 0 Å². The molecule has 0 atom stereocenters. The molecule has 20 heavy (non-hydrogen) atoms. The number of ether oxygens (including phenoxy) is 1. The van der Waals surface area contributed by atoms with E-state index in [0.717, 1.165) is 13.2 Å². The lowest BCUT2D eigenvalue weighted by Gasteiger charge is -2.36. The van der Waals surface area contributed by atoms with Gasteiger partial charge in [0, 0.05) is 18.5 Å². The first-order valence-electron chi connectivity index (χ1n) is 7.65. The molecule has 2 aliphatic rings. The fourth-order valence-electron chi connectivity index (χ4n) is 3.14. The van der Waals surface area contributed by atoms with E-state index in [2.05, 4.69) is 17.1 Å². The third-order valence-corrected chi connectivity index (χ3v) is 6.72. The van der Waals surface area contributed by atoms with Crippen molar-refractivity contribution in [2.24, 2.45) is 0 Å². The summed E-state index contributed by atoms with van der Waals surface area (Å²) in [5, 5.41) is 5.12. The highest BCUT2D eigenvalue weighted by atomic mass is 32.2. The van der Waals surface area contributed by atoms with Crippen LogP contribution < -0.4 is 5.32 Å². The minimum absolute atomic E-state index is 0.117. The lowest BCUT2D eigenvalue weighted by atomic mass is 9.92. The van der Waals surface area contributed by atoms with Crippen LogP contribution in [0.5, 0.6) is 0 Å². The number of fused-ring (bicyclic) bond motifs is 1. The summed E-state index contributed by atoms with van der Waals surface area (Å²) in [5.74, 6) is 2.48. The second-order valence-corrected chi connectivity index (χ2v) is 8.02. The smallest absolute Gasteiger partial charge is 0.113 e. The zero-order chi connectivity index (χ0) is 13.8. The lowest BCUT2D eigenvalue weighted by Crippen LogP contribution is -2.46. The van der Waals surface area contributed by atoms with Crippen molar-refractivity contribution in [2.45, 2.75) is 44.1 Å². The second kappa shape index (κ2) is 6.77. The van der Waals surface area contributed by atoms with E-state index in [-0.39, 0.29) is 5.54 Å². The number of thioether (sulfide) groups is 1. The Bertz CT molecular complexity index is 418. The van der Waals surface area contributed by atoms with Crippen LogP contribution in [0, 0.1) is 0 Å². The molecule has 0 unspecified atom stereocenters. The van der Waals surface area contributed by atoms with Crippen LogP contribution in [-0.4, -0.2) is 36.8 Å². The Morgan fingerprint density at radius 2 is 2.05 bits per heavy atom. The number of thiazole rings is 1. The van der Waals surface area contributed by atoms with Crippen molar-refractivity contribution >= 4 is 23.1 Å². The van der Waals surface area contributed by atoms with Crippen molar-refractivity contribution in [2.75, 3.05) is 31.8 Å². The molecule has 1 N–H and O–H groups in total. The number of nitrogens with zero attached hydrogens (tertiary/aromatic N) is 1. The van der Waals surface area contributed by atoms with Crippen LogP contribution in [0.25, 0.3) is 0 Å². The maximum Gasteiger partial charge on any atom is 0.113 e. The van der Waals surface area contributed by atoms with Gasteiger partial charge in [-0.15, -0.1) is 11.3 Å². The zero-order valence-corrected chi connectivity index (χ0v) is 13.9. The fourth-order valence-corrected chi connectivity index (χ4v) is 5.70. The predicted molar refractivity (Wildman–Crippen MR) is 86.9 cm³/mol. The minimum atomic E-state index is 0.117. The molecule has 3 rings (SSSR count). The Balaban J connectivity index is 1.82.